The van der Waals surface area contributed by atoms with Crippen molar-refractivity contribution in [2.75, 3.05) is 19.6 Å². The van der Waals surface area contributed by atoms with E-state index in [1.54, 1.807) is 0 Å². The average Bonchev–Trinajstić information content (AvgIpc) is 3.22. The number of benzene rings is 1. The average molecular weight is 347 g/mol. The topological polar surface area (TPSA) is 61.0 Å². The third kappa shape index (κ3) is 2.62. The van der Waals surface area contributed by atoms with E-state index in [0.717, 1.165) is 36.6 Å². The van der Waals surface area contributed by atoms with Gasteiger partial charge in [0.15, 0.2) is 0 Å². The summed E-state index contributed by atoms with van der Waals surface area (Å²) < 4.78 is 0. The van der Waals surface area contributed by atoms with E-state index in [1.807, 2.05) is 19.9 Å². The molecule has 4 rings (SSSR count). The minimum absolute atomic E-state index is 0. The molecule has 0 spiro atoms. The third-order valence-electron chi connectivity index (χ3n) is 5.31. The highest BCUT2D eigenvalue weighted by atomic mass is 35.5. The van der Waals surface area contributed by atoms with Crippen LogP contribution in [0.3, 0.4) is 0 Å². The lowest BCUT2D eigenvalue weighted by Crippen LogP contribution is -2.35. The van der Waals surface area contributed by atoms with E-state index in [1.165, 1.54) is 5.56 Å². The van der Waals surface area contributed by atoms with E-state index in [4.69, 9.17) is 0 Å². The number of rotatable bonds is 2. The second-order valence-electron chi connectivity index (χ2n) is 6.70. The normalized spacial score (nSPS) is 25.4. The van der Waals surface area contributed by atoms with Gasteiger partial charge in [-0.2, -0.15) is 5.10 Å². The van der Waals surface area contributed by atoms with Crippen molar-refractivity contribution in [3.05, 3.63) is 52.8 Å². The molecule has 0 aliphatic carbocycles. The molecule has 2 saturated heterocycles. The van der Waals surface area contributed by atoms with Crippen molar-refractivity contribution < 1.29 is 4.79 Å². The lowest BCUT2D eigenvalue weighted by Gasteiger charge is -2.28. The van der Waals surface area contributed by atoms with Crippen molar-refractivity contribution in [1.82, 2.24) is 20.4 Å². The van der Waals surface area contributed by atoms with E-state index in [9.17, 15) is 4.79 Å². The smallest absolute Gasteiger partial charge is 0.258 e. The van der Waals surface area contributed by atoms with Gasteiger partial charge in [0.1, 0.15) is 0 Å². The maximum absolute atomic E-state index is 13.2. The Hall–Kier alpha value is -1.85. The van der Waals surface area contributed by atoms with Crippen LogP contribution < -0.4 is 5.32 Å². The maximum Gasteiger partial charge on any atom is 0.258 e. The molecule has 1 aromatic carbocycles. The van der Waals surface area contributed by atoms with Gasteiger partial charge in [0.05, 0.1) is 17.3 Å². The molecule has 5 nitrogen and oxygen atoms in total. The first-order chi connectivity index (χ1) is 11.2. The number of hydrogen-bond donors (Lipinski definition) is 2. The summed E-state index contributed by atoms with van der Waals surface area (Å²) in [6, 6.07) is 10.6. The molecule has 0 bridgehead atoms. The van der Waals surface area contributed by atoms with Crippen LogP contribution in [-0.2, 0) is 0 Å². The van der Waals surface area contributed by atoms with Gasteiger partial charge in [-0.1, -0.05) is 30.3 Å². The van der Waals surface area contributed by atoms with Crippen LogP contribution in [0.15, 0.2) is 30.3 Å². The maximum atomic E-state index is 13.2. The lowest BCUT2D eigenvalue weighted by molar-refractivity contribution is 0.0712. The molecule has 0 radical (unpaired) electrons. The Labute approximate surface area is 148 Å². The van der Waals surface area contributed by atoms with Crippen LogP contribution in [-0.4, -0.2) is 40.6 Å². The van der Waals surface area contributed by atoms with Crippen LogP contribution in [0.4, 0.5) is 0 Å². The van der Waals surface area contributed by atoms with Gasteiger partial charge >= 0.3 is 0 Å². The number of aromatic nitrogens is 2. The summed E-state index contributed by atoms with van der Waals surface area (Å²) in [6.45, 7) is 6.62. The van der Waals surface area contributed by atoms with Crippen molar-refractivity contribution in [2.45, 2.75) is 19.9 Å². The molecule has 2 N–H and O–H groups in total. The first-order valence-electron chi connectivity index (χ1n) is 8.25. The molecular weight excluding hydrogens is 324 g/mol. The van der Waals surface area contributed by atoms with E-state index >= 15 is 0 Å². The van der Waals surface area contributed by atoms with Crippen molar-refractivity contribution >= 4 is 18.3 Å². The Morgan fingerprint density at radius 2 is 1.96 bits per heavy atom. The second kappa shape index (κ2) is 6.57. The van der Waals surface area contributed by atoms with E-state index in [2.05, 4.69) is 44.7 Å². The number of halogens is 1. The lowest BCUT2D eigenvalue weighted by atomic mass is 9.89. The first kappa shape index (κ1) is 17.0. The van der Waals surface area contributed by atoms with Crippen molar-refractivity contribution in [3.8, 4) is 0 Å². The summed E-state index contributed by atoms with van der Waals surface area (Å²) in [7, 11) is 0. The summed E-state index contributed by atoms with van der Waals surface area (Å²) in [6.07, 6.45) is 0. The molecule has 3 atom stereocenters. The second-order valence-corrected chi connectivity index (χ2v) is 6.70. The monoisotopic (exact) mass is 346 g/mol. The zero-order valence-corrected chi connectivity index (χ0v) is 14.8. The third-order valence-corrected chi connectivity index (χ3v) is 5.31. The predicted molar refractivity (Wildman–Crippen MR) is 95.4 cm³/mol. The van der Waals surface area contributed by atoms with Gasteiger partial charge in [-0.05, 0) is 25.3 Å². The van der Waals surface area contributed by atoms with Crippen molar-refractivity contribution in [2.24, 2.45) is 11.8 Å². The predicted octanol–water partition coefficient (Wildman–Crippen LogP) is 2.48. The number of nitrogens with one attached hydrogen (secondary N) is 2. The van der Waals surface area contributed by atoms with Crippen LogP contribution in [0.5, 0.6) is 0 Å². The Bertz CT molecular complexity index is 710. The molecule has 0 saturated carbocycles. The molecule has 2 aliphatic heterocycles. The molecule has 3 heterocycles. The van der Waals surface area contributed by atoms with Gasteiger partial charge in [-0.25, -0.2) is 0 Å². The Kier molecular flexibility index (Phi) is 4.65. The van der Waals surface area contributed by atoms with Gasteiger partial charge in [0.25, 0.3) is 5.91 Å². The Morgan fingerprint density at radius 1 is 1.21 bits per heavy atom. The molecule has 24 heavy (non-hydrogen) atoms. The molecule has 1 amide bonds. The summed E-state index contributed by atoms with van der Waals surface area (Å²) in [5, 5.41) is 10.6. The molecule has 1 aromatic heterocycles. The van der Waals surface area contributed by atoms with Crippen LogP contribution >= 0.6 is 12.4 Å². The molecule has 128 valence electrons. The number of aryl methyl sites for hydroxylation is 2. The Morgan fingerprint density at radius 3 is 2.62 bits per heavy atom. The van der Waals surface area contributed by atoms with E-state index in [0.29, 0.717) is 11.8 Å². The minimum Gasteiger partial charge on any atom is -0.331 e. The minimum atomic E-state index is 0. The number of aromatic amines is 1. The van der Waals surface area contributed by atoms with Crippen LogP contribution in [0.1, 0.15) is 33.4 Å². The van der Waals surface area contributed by atoms with Crippen LogP contribution in [0, 0.1) is 25.7 Å². The summed E-state index contributed by atoms with van der Waals surface area (Å²) in [4.78, 5) is 15.3. The van der Waals surface area contributed by atoms with Gasteiger partial charge < -0.3 is 10.2 Å². The van der Waals surface area contributed by atoms with E-state index < -0.39 is 0 Å². The van der Waals surface area contributed by atoms with Crippen molar-refractivity contribution in [1.29, 1.82) is 0 Å². The number of carbonyl (C=O) groups is 1. The van der Waals surface area contributed by atoms with Gasteiger partial charge in [-0.3, -0.25) is 9.89 Å². The SMILES string of the molecule is Cc1n[nH]c(C)c1C(=O)N1C[C@@H]2CNC[C@@H]2[C@H]1c1ccccc1.Cl. The van der Waals surface area contributed by atoms with Gasteiger partial charge in [0.2, 0.25) is 0 Å². The summed E-state index contributed by atoms with van der Waals surface area (Å²) in [5.41, 5.74) is 3.61. The van der Waals surface area contributed by atoms with Crippen LogP contribution in [0.2, 0.25) is 0 Å². The zero-order chi connectivity index (χ0) is 16.0. The quantitative estimate of drug-likeness (QED) is 0.878. The van der Waals surface area contributed by atoms with Crippen LogP contribution in [0.25, 0.3) is 0 Å². The highest BCUT2D eigenvalue weighted by Gasteiger charge is 2.47. The molecule has 6 heteroatoms. The number of fused-ring (bicyclic) bond motifs is 1. The number of hydrogen-bond acceptors (Lipinski definition) is 3. The summed E-state index contributed by atoms with van der Waals surface area (Å²) >= 11 is 0. The Balaban J connectivity index is 0.00000169. The van der Waals surface area contributed by atoms with E-state index in [-0.39, 0.29) is 24.4 Å². The fraction of sp³-hybridized carbons (Fsp3) is 0.444. The molecular formula is C18H23ClN4O. The zero-order valence-electron chi connectivity index (χ0n) is 14.0. The number of carbonyl (C=O) groups excluding carboxylic acids is 1. The molecule has 0 unspecified atom stereocenters. The number of amides is 1. The number of nitrogens with zero attached hydrogens (tertiary/aromatic N) is 2. The molecule has 2 fully saturated rings. The molecule has 2 aromatic rings. The highest BCUT2D eigenvalue weighted by molar-refractivity contribution is 5.96. The van der Waals surface area contributed by atoms with Gasteiger partial charge in [-0.15, -0.1) is 12.4 Å². The molecule has 2 aliphatic rings. The summed E-state index contributed by atoms with van der Waals surface area (Å²) in [5.74, 6) is 1.14. The van der Waals surface area contributed by atoms with Crippen molar-refractivity contribution in [3.63, 3.8) is 0 Å². The van der Waals surface area contributed by atoms with Gasteiger partial charge in [0, 0.05) is 31.2 Å². The fourth-order valence-electron chi connectivity index (χ4n) is 4.22. The first-order valence-corrected chi connectivity index (χ1v) is 8.25. The highest BCUT2D eigenvalue weighted by Crippen LogP contribution is 2.43. The largest absolute Gasteiger partial charge is 0.331 e. The standard InChI is InChI=1S/C18H22N4O.ClH/c1-11-16(12(2)21-20-11)18(23)22-10-14-8-19-9-15(14)17(22)13-6-4-3-5-7-13;/h3-7,14-15,17,19H,8-10H2,1-2H3,(H,20,21);1H/t14-,15-,17+;/m0./s1. The number of H-pyrrole nitrogens is 1. The number of likely N-dealkylation sites (tertiary alicyclic amines) is 1. The fourth-order valence-corrected chi connectivity index (χ4v) is 4.22.